The molecule has 5 heterocycles. The quantitative estimate of drug-likeness (QED) is 0.0631. The van der Waals surface area contributed by atoms with Crippen molar-refractivity contribution in [2.45, 2.75) is 97.1 Å². The minimum atomic E-state index is -4.66. The molecule has 0 unspecified atom stereocenters. The lowest BCUT2D eigenvalue weighted by Gasteiger charge is -2.42. The molecule has 84 heavy (non-hydrogen) atoms. The highest BCUT2D eigenvalue weighted by molar-refractivity contribution is 5.94. The molecule has 0 bridgehead atoms. The van der Waals surface area contributed by atoms with E-state index in [0.717, 1.165) is 72.2 Å². The number of nitriles is 1. The lowest BCUT2D eigenvalue weighted by Crippen LogP contribution is -2.55. The Bertz CT molecular complexity index is 3560. The van der Waals surface area contributed by atoms with Gasteiger partial charge in [-0.25, -0.2) is 4.98 Å². The van der Waals surface area contributed by atoms with Crippen molar-refractivity contribution >= 4 is 45.9 Å². The predicted octanol–water partition coefficient (Wildman–Crippen LogP) is 9.13. The minimum Gasteiger partial charge on any atom is -0.508 e. The van der Waals surface area contributed by atoms with Crippen LogP contribution in [0.25, 0.3) is 27.8 Å². The molecule has 3 aliphatic rings. The standard InChI is InChI=1S/C63H70F3N13O5/c1-40(2)51-33-52(56(82)34-55(51)81)59-72-73-60(61(84)69-39-63(64,65)66)79(59)47-18-16-45(17-19-47)36-74(4)35-44-14-12-42(13-15-44)32-43-22-27-75(28-23-43)57(83)21-26-68-62-70-53-38-76(54-11-7-9-46-8-5-6-10-49(46)54)29-24-50(53)58(71-62)77-30-31-78(41(3)80)48(37-77)20-25-67/h5-19,33-34,40,43,48,81-82H,20-24,26-32,35-39H2,1-4H3,(H,69,84)(H,68,70,71)/t48-/m1/s1. The number of aromatic nitrogens is 5. The number of amides is 3. The number of phenols is 2. The molecule has 10 rings (SSSR count). The number of phenolic OH excluding ortho intramolecular Hbond substituents is 2. The SMILES string of the molecule is CC(=O)N1CCN(c2nc(NCCC(=O)N3CCC(Cc4ccc(CN(C)Cc5ccc(-n6c(C(=O)NCC(F)(F)F)nnc6-c6cc(C(C)C)c(O)cc6O)cc5)cc4)CC3)nc3c2CCN(c2cccc4ccccc24)C3)C[C@H]1CC#N. The molecule has 4 N–H and O–H groups in total. The summed E-state index contributed by atoms with van der Waals surface area (Å²) in [4.78, 5) is 60.0. The van der Waals surface area contributed by atoms with Crippen molar-refractivity contribution in [1.29, 1.82) is 5.26 Å². The van der Waals surface area contributed by atoms with Gasteiger partial charge < -0.3 is 40.4 Å². The van der Waals surface area contributed by atoms with Gasteiger partial charge in [-0.05, 0) is 96.5 Å². The number of alkyl halides is 3. The van der Waals surface area contributed by atoms with Gasteiger partial charge in [0.25, 0.3) is 5.91 Å². The number of piperazine rings is 1. The molecule has 1 atom stereocenters. The number of carbonyl (C=O) groups excluding carboxylic acids is 3. The Morgan fingerprint density at radius 1 is 0.833 bits per heavy atom. The van der Waals surface area contributed by atoms with Crippen molar-refractivity contribution in [3.63, 3.8) is 0 Å². The maximum atomic E-state index is 13.7. The Hall–Kier alpha value is -8.77. The summed E-state index contributed by atoms with van der Waals surface area (Å²) in [6.45, 7) is 9.58. The first-order valence-corrected chi connectivity index (χ1v) is 28.6. The van der Waals surface area contributed by atoms with E-state index < -0.39 is 24.5 Å². The molecule has 3 amide bonds. The van der Waals surface area contributed by atoms with Crippen LogP contribution in [0.1, 0.15) is 96.5 Å². The van der Waals surface area contributed by atoms with E-state index in [2.05, 4.69) is 96.9 Å². The van der Waals surface area contributed by atoms with Gasteiger partial charge in [-0.2, -0.15) is 23.4 Å². The Morgan fingerprint density at radius 3 is 2.24 bits per heavy atom. The number of rotatable bonds is 18. The van der Waals surface area contributed by atoms with Gasteiger partial charge in [0, 0.05) is 101 Å². The summed E-state index contributed by atoms with van der Waals surface area (Å²) < 4.78 is 40.7. The van der Waals surface area contributed by atoms with Crippen LogP contribution in [-0.2, 0) is 42.1 Å². The zero-order valence-corrected chi connectivity index (χ0v) is 47.7. The van der Waals surface area contributed by atoms with Gasteiger partial charge in [0.05, 0.1) is 36.3 Å². The van der Waals surface area contributed by atoms with Crippen LogP contribution in [0, 0.1) is 17.2 Å². The van der Waals surface area contributed by atoms with Gasteiger partial charge in [0.1, 0.15) is 23.9 Å². The third-order valence-electron chi connectivity index (χ3n) is 16.2. The average Bonchev–Trinajstić information content (AvgIpc) is 2.50. The van der Waals surface area contributed by atoms with Crippen molar-refractivity contribution < 1.29 is 37.8 Å². The normalized spacial score (nSPS) is 15.8. The summed E-state index contributed by atoms with van der Waals surface area (Å²) in [6, 6.07) is 35.2. The van der Waals surface area contributed by atoms with Crippen molar-refractivity contribution in [2.24, 2.45) is 5.92 Å². The van der Waals surface area contributed by atoms with Crippen LogP contribution in [0.4, 0.5) is 30.6 Å². The fraction of sp³-hybridized carbons (Fsp3) is 0.397. The number of aromatic hydroxyl groups is 2. The highest BCUT2D eigenvalue weighted by Crippen LogP contribution is 2.39. The third-order valence-corrected chi connectivity index (χ3v) is 16.2. The lowest BCUT2D eigenvalue weighted by molar-refractivity contribution is -0.132. The molecule has 3 aliphatic heterocycles. The average molecular weight is 1150 g/mol. The van der Waals surface area contributed by atoms with Crippen LogP contribution in [0.5, 0.6) is 11.5 Å². The van der Waals surface area contributed by atoms with E-state index in [1.807, 2.05) is 49.3 Å². The number of halogens is 3. The van der Waals surface area contributed by atoms with Gasteiger partial charge in [0.15, 0.2) is 5.82 Å². The van der Waals surface area contributed by atoms with Crippen LogP contribution in [0.3, 0.4) is 0 Å². The second-order valence-corrected chi connectivity index (χ2v) is 22.6. The molecule has 0 aliphatic carbocycles. The number of nitrogens with one attached hydrogen (secondary N) is 2. The van der Waals surface area contributed by atoms with Crippen molar-refractivity contribution in [2.75, 3.05) is 74.5 Å². The Kier molecular flexibility index (Phi) is 17.7. The molecular weight excluding hydrogens is 1080 g/mol. The Balaban J connectivity index is 0.724. The zero-order chi connectivity index (χ0) is 59.2. The number of benzene rings is 5. The van der Waals surface area contributed by atoms with Gasteiger partial charge in [-0.3, -0.25) is 23.9 Å². The van der Waals surface area contributed by atoms with E-state index in [9.17, 15) is 43.0 Å². The van der Waals surface area contributed by atoms with Gasteiger partial charge in [-0.15, -0.1) is 10.2 Å². The predicted molar refractivity (Wildman–Crippen MR) is 315 cm³/mol. The van der Waals surface area contributed by atoms with E-state index >= 15 is 0 Å². The van der Waals surface area contributed by atoms with Gasteiger partial charge >= 0.3 is 6.18 Å². The fourth-order valence-electron chi connectivity index (χ4n) is 11.9. The van der Waals surface area contributed by atoms with Crippen LogP contribution in [-0.4, -0.2) is 139 Å². The van der Waals surface area contributed by atoms with E-state index in [-0.39, 0.29) is 53.1 Å². The summed E-state index contributed by atoms with van der Waals surface area (Å²) in [7, 11) is 2.00. The first-order chi connectivity index (χ1) is 40.4. The molecule has 2 aromatic heterocycles. The maximum Gasteiger partial charge on any atom is 0.405 e. The number of anilines is 3. The highest BCUT2D eigenvalue weighted by Gasteiger charge is 2.34. The van der Waals surface area contributed by atoms with E-state index in [1.54, 1.807) is 24.0 Å². The second-order valence-electron chi connectivity index (χ2n) is 22.6. The molecular formula is C63H70F3N13O5. The summed E-state index contributed by atoms with van der Waals surface area (Å²) >= 11 is 0. The Morgan fingerprint density at radius 2 is 1.54 bits per heavy atom. The lowest BCUT2D eigenvalue weighted by atomic mass is 9.90. The van der Waals surface area contributed by atoms with E-state index in [0.29, 0.717) is 88.4 Å². The number of piperidine rings is 1. The molecule has 18 nitrogen and oxygen atoms in total. The smallest absolute Gasteiger partial charge is 0.405 e. The molecule has 2 fully saturated rings. The van der Waals surface area contributed by atoms with E-state index in [4.69, 9.17) is 9.97 Å². The molecule has 5 aromatic carbocycles. The van der Waals surface area contributed by atoms with Crippen LogP contribution in [0.2, 0.25) is 0 Å². The third kappa shape index (κ3) is 13.5. The highest BCUT2D eigenvalue weighted by atomic mass is 19.4. The number of carbonyl (C=O) groups is 3. The summed E-state index contributed by atoms with van der Waals surface area (Å²) in [5.41, 5.74) is 7.44. The van der Waals surface area contributed by atoms with Crippen LogP contribution in [0.15, 0.2) is 103 Å². The molecule has 438 valence electrons. The van der Waals surface area contributed by atoms with Crippen LogP contribution < -0.4 is 20.4 Å². The minimum absolute atomic E-state index is 0.00651. The van der Waals surface area contributed by atoms with Crippen molar-refractivity contribution in [1.82, 2.24) is 44.7 Å². The number of hydrogen-bond donors (Lipinski definition) is 4. The van der Waals surface area contributed by atoms with Gasteiger partial charge in [0.2, 0.25) is 23.6 Å². The monoisotopic (exact) mass is 1150 g/mol. The van der Waals surface area contributed by atoms with E-state index in [1.165, 1.54) is 27.0 Å². The molecule has 0 saturated carbocycles. The first-order valence-electron chi connectivity index (χ1n) is 28.6. The Labute approximate surface area is 486 Å². The molecule has 0 spiro atoms. The van der Waals surface area contributed by atoms with Crippen molar-refractivity contribution in [3.05, 3.63) is 142 Å². The first kappa shape index (κ1) is 58.4. The molecule has 7 aromatic rings. The topological polar surface area (TPSA) is 212 Å². The number of likely N-dealkylation sites (tertiary alicyclic amines) is 1. The summed E-state index contributed by atoms with van der Waals surface area (Å²) in [6.07, 6.45) is -0.687. The van der Waals surface area contributed by atoms with Gasteiger partial charge in [-0.1, -0.05) is 86.6 Å². The number of nitrogens with zero attached hydrogens (tertiary/aromatic N) is 11. The van der Waals surface area contributed by atoms with Crippen LogP contribution >= 0.6 is 0 Å². The zero-order valence-electron chi connectivity index (χ0n) is 47.7. The van der Waals surface area contributed by atoms with Crippen molar-refractivity contribution in [3.8, 4) is 34.6 Å². The maximum absolute atomic E-state index is 13.7. The molecule has 21 heteroatoms. The molecule has 2 saturated heterocycles. The second kappa shape index (κ2) is 25.4. The largest absolute Gasteiger partial charge is 0.508 e. The number of hydrogen-bond acceptors (Lipinski definition) is 14. The molecule has 0 radical (unpaired) electrons. The number of fused-ring (bicyclic) bond motifs is 2. The summed E-state index contributed by atoms with van der Waals surface area (Å²) in [5.74, 6) is -0.378. The summed E-state index contributed by atoms with van der Waals surface area (Å²) in [5, 5.41) is 46.8. The fourth-order valence-corrected chi connectivity index (χ4v) is 11.9.